The first kappa shape index (κ1) is 18.8. The molecule has 0 unspecified atom stereocenters. The minimum Gasteiger partial charge on any atom is -0.271 e. The highest BCUT2D eigenvalue weighted by atomic mass is 19.4. The van der Waals surface area contributed by atoms with E-state index in [1.165, 1.54) is 24.3 Å². The Kier molecular flexibility index (Phi) is 5.19. The molecule has 0 aliphatic rings. The lowest BCUT2D eigenvalue weighted by Gasteiger charge is -2.11. The van der Waals surface area contributed by atoms with Gasteiger partial charge in [-0.3, -0.25) is 25.7 Å². The third-order valence-electron chi connectivity index (χ3n) is 3.27. The van der Waals surface area contributed by atoms with Crippen LogP contribution in [0.25, 0.3) is 0 Å². The maximum absolute atomic E-state index is 13.2. The van der Waals surface area contributed by atoms with Crippen LogP contribution in [0.2, 0.25) is 0 Å². The summed E-state index contributed by atoms with van der Waals surface area (Å²) < 4.78 is 39.7. The predicted octanol–water partition coefficient (Wildman–Crippen LogP) is 4.19. The summed E-state index contributed by atoms with van der Waals surface area (Å²) in [5.41, 5.74) is -0.541. The molecule has 2 aromatic carbocycles. The summed E-state index contributed by atoms with van der Waals surface area (Å²) in [7, 11) is 0. The second-order valence-corrected chi connectivity index (χ2v) is 5.15. The molecule has 0 aromatic heterocycles. The zero-order valence-electron chi connectivity index (χ0n) is 13.1. The van der Waals surface area contributed by atoms with Crippen molar-refractivity contribution in [3.05, 3.63) is 73.8 Å². The molecule has 11 heteroatoms. The van der Waals surface area contributed by atoms with Gasteiger partial charge in [0.1, 0.15) is 5.69 Å². The Morgan fingerprint density at radius 3 is 2.15 bits per heavy atom. The van der Waals surface area contributed by atoms with Crippen LogP contribution in [0.15, 0.2) is 47.6 Å². The Labute approximate surface area is 144 Å². The monoisotopic (exact) mass is 368 g/mol. The van der Waals surface area contributed by atoms with Gasteiger partial charge in [-0.2, -0.15) is 18.3 Å². The van der Waals surface area contributed by atoms with Crippen LogP contribution in [-0.4, -0.2) is 21.7 Å². The standard InChI is InChI=1S/C15H11F3N4O4/c1-9-2-4-10(5-3-9)14(15(16,17)18)20-19-12-7-6-11(21(23)24)8-13(12)22(25)26/h2-8,19H,1H3/b20-14-. The maximum atomic E-state index is 13.2. The third-order valence-corrected chi connectivity index (χ3v) is 3.27. The lowest BCUT2D eigenvalue weighted by molar-refractivity contribution is -0.393. The maximum Gasteiger partial charge on any atom is 0.435 e. The predicted molar refractivity (Wildman–Crippen MR) is 87.1 cm³/mol. The quantitative estimate of drug-likeness (QED) is 0.483. The number of alkyl halides is 3. The lowest BCUT2D eigenvalue weighted by atomic mass is 10.1. The summed E-state index contributed by atoms with van der Waals surface area (Å²) in [4.78, 5) is 19.9. The molecule has 2 aromatic rings. The first-order valence-electron chi connectivity index (χ1n) is 7.00. The van der Waals surface area contributed by atoms with Crippen molar-refractivity contribution < 1.29 is 23.0 Å². The number of rotatable bonds is 5. The van der Waals surface area contributed by atoms with Crippen molar-refractivity contribution in [3.8, 4) is 0 Å². The highest BCUT2D eigenvalue weighted by Gasteiger charge is 2.37. The molecule has 136 valence electrons. The third kappa shape index (κ3) is 4.32. The summed E-state index contributed by atoms with van der Waals surface area (Å²) in [6.07, 6.45) is -4.82. The van der Waals surface area contributed by atoms with Crippen LogP contribution >= 0.6 is 0 Å². The van der Waals surface area contributed by atoms with Crippen LogP contribution in [0.5, 0.6) is 0 Å². The number of aryl methyl sites for hydroxylation is 1. The molecule has 0 saturated carbocycles. The van der Waals surface area contributed by atoms with Gasteiger partial charge >= 0.3 is 11.9 Å². The van der Waals surface area contributed by atoms with Gasteiger partial charge in [0, 0.05) is 11.6 Å². The van der Waals surface area contributed by atoms with Crippen LogP contribution in [0.4, 0.5) is 30.2 Å². The van der Waals surface area contributed by atoms with Gasteiger partial charge in [0.15, 0.2) is 5.71 Å². The number of non-ortho nitro benzene ring substituents is 1. The normalized spacial score (nSPS) is 11.9. The first-order valence-corrected chi connectivity index (χ1v) is 7.00. The van der Waals surface area contributed by atoms with Crippen LogP contribution in [0, 0.1) is 27.2 Å². The fraction of sp³-hybridized carbons (Fsp3) is 0.133. The average Bonchev–Trinajstić information content (AvgIpc) is 2.55. The van der Waals surface area contributed by atoms with Gasteiger partial charge in [0.05, 0.1) is 15.9 Å². The smallest absolute Gasteiger partial charge is 0.271 e. The number of nitro groups is 2. The van der Waals surface area contributed by atoms with Crippen LogP contribution in [0.1, 0.15) is 11.1 Å². The molecule has 0 aliphatic heterocycles. The summed E-state index contributed by atoms with van der Waals surface area (Å²) in [5.74, 6) is 0. The second kappa shape index (κ2) is 7.17. The summed E-state index contributed by atoms with van der Waals surface area (Å²) in [5, 5.41) is 25.0. The van der Waals surface area contributed by atoms with Crippen molar-refractivity contribution in [1.29, 1.82) is 0 Å². The number of hydrogen-bond donors (Lipinski definition) is 1. The molecule has 0 fully saturated rings. The van der Waals surface area contributed by atoms with Gasteiger partial charge in [-0.15, -0.1) is 0 Å². The molecule has 26 heavy (non-hydrogen) atoms. The Bertz CT molecular complexity index is 879. The minimum absolute atomic E-state index is 0.236. The Morgan fingerprint density at radius 1 is 1.04 bits per heavy atom. The van der Waals surface area contributed by atoms with E-state index in [9.17, 15) is 33.4 Å². The van der Waals surface area contributed by atoms with Crippen molar-refractivity contribution >= 4 is 22.8 Å². The summed E-state index contributed by atoms with van der Waals surface area (Å²) in [6.45, 7) is 1.70. The number of nitrogens with one attached hydrogen (secondary N) is 1. The topological polar surface area (TPSA) is 111 Å². The molecule has 1 N–H and O–H groups in total. The summed E-state index contributed by atoms with van der Waals surface area (Å²) >= 11 is 0. The zero-order valence-corrected chi connectivity index (χ0v) is 13.1. The highest BCUT2D eigenvalue weighted by molar-refractivity contribution is 6.05. The van der Waals surface area contributed by atoms with Crippen molar-refractivity contribution in [2.75, 3.05) is 5.43 Å². The fourth-order valence-electron chi connectivity index (χ4n) is 2.00. The van der Waals surface area contributed by atoms with Crippen molar-refractivity contribution in [2.24, 2.45) is 5.10 Å². The number of anilines is 1. The fourth-order valence-corrected chi connectivity index (χ4v) is 2.00. The molecule has 0 spiro atoms. The van der Waals surface area contributed by atoms with E-state index in [0.29, 0.717) is 6.07 Å². The van der Waals surface area contributed by atoms with Crippen molar-refractivity contribution in [3.63, 3.8) is 0 Å². The van der Waals surface area contributed by atoms with Gasteiger partial charge in [-0.25, -0.2) is 0 Å². The largest absolute Gasteiger partial charge is 0.435 e. The molecule has 0 aliphatic carbocycles. The molecular formula is C15H11F3N4O4. The number of hydrazone groups is 1. The van der Waals surface area contributed by atoms with Crippen LogP contribution in [0.3, 0.4) is 0 Å². The van der Waals surface area contributed by atoms with Gasteiger partial charge in [-0.1, -0.05) is 29.8 Å². The molecule has 0 heterocycles. The SMILES string of the molecule is Cc1ccc(/C(=N/Nc2ccc([N+](=O)[O-])cc2[N+](=O)[O-])C(F)(F)F)cc1. The lowest BCUT2D eigenvalue weighted by Crippen LogP contribution is -2.25. The van der Waals surface area contributed by atoms with Crippen LogP contribution < -0.4 is 5.43 Å². The van der Waals surface area contributed by atoms with E-state index in [0.717, 1.165) is 17.7 Å². The van der Waals surface area contributed by atoms with Crippen molar-refractivity contribution in [2.45, 2.75) is 13.1 Å². The number of nitro benzene ring substituents is 2. The van der Waals surface area contributed by atoms with E-state index in [4.69, 9.17) is 0 Å². The van der Waals surface area contributed by atoms with E-state index in [2.05, 4.69) is 5.10 Å². The Balaban J connectivity index is 2.45. The summed E-state index contributed by atoms with van der Waals surface area (Å²) in [6, 6.07) is 7.83. The molecule has 0 saturated heterocycles. The van der Waals surface area contributed by atoms with Gasteiger partial charge in [0.2, 0.25) is 0 Å². The van der Waals surface area contributed by atoms with E-state index < -0.39 is 38.8 Å². The number of halogens is 3. The Hall–Kier alpha value is -3.50. The molecule has 2 rings (SSSR count). The van der Waals surface area contributed by atoms with E-state index >= 15 is 0 Å². The number of nitrogens with zero attached hydrogens (tertiary/aromatic N) is 3. The average molecular weight is 368 g/mol. The van der Waals surface area contributed by atoms with E-state index in [1.807, 2.05) is 5.43 Å². The minimum atomic E-state index is -4.82. The van der Waals surface area contributed by atoms with E-state index in [-0.39, 0.29) is 5.56 Å². The van der Waals surface area contributed by atoms with Gasteiger partial charge < -0.3 is 0 Å². The van der Waals surface area contributed by atoms with Gasteiger partial charge in [-0.05, 0) is 13.0 Å². The van der Waals surface area contributed by atoms with E-state index in [1.54, 1.807) is 6.92 Å². The van der Waals surface area contributed by atoms with Gasteiger partial charge in [0.25, 0.3) is 5.69 Å². The Morgan fingerprint density at radius 2 is 1.65 bits per heavy atom. The highest BCUT2D eigenvalue weighted by Crippen LogP contribution is 2.30. The molecule has 8 nitrogen and oxygen atoms in total. The zero-order chi connectivity index (χ0) is 19.5. The number of benzene rings is 2. The molecule has 0 amide bonds. The number of hydrogen-bond acceptors (Lipinski definition) is 6. The first-order chi connectivity index (χ1) is 12.1. The second-order valence-electron chi connectivity index (χ2n) is 5.15. The molecule has 0 radical (unpaired) electrons. The molecular weight excluding hydrogens is 357 g/mol. The molecule has 0 bridgehead atoms. The molecule has 0 atom stereocenters. The van der Waals surface area contributed by atoms with Crippen molar-refractivity contribution in [1.82, 2.24) is 0 Å². The van der Waals surface area contributed by atoms with Crippen LogP contribution in [-0.2, 0) is 0 Å².